The Balaban J connectivity index is 3.02. The van der Waals surface area contributed by atoms with Gasteiger partial charge in [0.1, 0.15) is 0 Å². The maximum atomic E-state index is 11.2. The average Bonchev–Trinajstić information content (AvgIpc) is 2.16. The van der Waals surface area contributed by atoms with Crippen LogP contribution >= 0.6 is 11.6 Å². The van der Waals surface area contributed by atoms with Crippen molar-refractivity contribution in [2.24, 2.45) is 0 Å². The van der Waals surface area contributed by atoms with Crippen LogP contribution in [-0.2, 0) is 0 Å². The van der Waals surface area contributed by atoms with Gasteiger partial charge in [-0.1, -0.05) is 0 Å². The van der Waals surface area contributed by atoms with Crippen LogP contribution in [0.4, 0.5) is 0 Å². The minimum absolute atomic E-state index is 0.0204. The summed E-state index contributed by atoms with van der Waals surface area (Å²) in [5.74, 6) is 0.388. The highest BCUT2D eigenvalue weighted by molar-refractivity contribution is 6.30. The summed E-state index contributed by atoms with van der Waals surface area (Å²) in [7, 11) is 1.54. The van der Waals surface area contributed by atoms with E-state index in [2.05, 4.69) is 4.98 Å². The predicted molar refractivity (Wildman–Crippen MR) is 50.6 cm³/mol. The first kappa shape index (κ1) is 9.99. The van der Waals surface area contributed by atoms with Crippen molar-refractivity contribution < 1.29 is 9.53 Å². The van der Waals surface area contributed by atoms with Crippen LogP contribution in [0.1, 0.15) is 15.9 Å². The number of nitrogens with zero attached hydrogens (tertiary/aromatic N) is 1. The highest BCUT2D eigenvalue weighted by Crippen LogP contribution is 2.14. The Hall–Kier alpha value is -1.09. The van der Waals surface area contributed by atoms with Crippen molar-refractivity contribution in [2.75, 3.05) is 13.0 Å². The zero-order valence-electron chi connectivity index (χ0n) is 7.50. The van der Waals surface area contributed by atoms with Crippen LogP contribution in [0.25, 0.3) is 0 Å². The normalized spacial score (nSPS) is 9.77. The van der Waals surface area contributed by atoms with E-state index in [0.717, 1.165) is 5.56 Å². The summed E-state index contributed by atoms with van der Waals surface area (Å²) in [5, 5.41) is 0. The SMILES string of the molecule is COc1ncc(C(=O)CCl)cc1C. The van der Waals surface area contributed by atoms with Crippen molar-refractivity contribution in [3.05, 3.63) is 23.4 Å². The van der Waals surface area contributed by atoms with Gasteiger partial charge < -0.3 is 4.74 Å². The van der Waals surface area contributed by atoms with Crippen molar-refractivity contribution in [3.8, 4) is 5.88 Å². The van der Waals surface area contributed by atoms with Gasteiger partial charge >= 0.3 is 0 Å². The minimum atomic E-state index is -0.125. The van der Waals surface area contributed by atoms with Crippen molar-refractivity contribution >= 4 is 17.4 Å². The van der Waals surface area contributed by atoms with Gasteiger partial charge in [0.05, 0.1) is 13.0 Å². The molecule has 0 spiro atoms. The zero-order chi connectivity index (χ0) is 9.84. The van der Waals surface area contributed by atoms with Gasteiger partial charge in [-0.2, -0.15) is 0 Å². The second kappa shape index (κ2) is 4.23. The van der Waals surface area contributed by atoms with Gasteiger partial charge in [0.15, 0.2) is 5.78 Å². The largest absolute Gasteiger partial charge is 0.481 e. The van der Waals surface area contributed by atoms with Crippen molar-refractivity contribution in [3.63, 3.8) is 0 Å². The molecule has 4 heteroatoms. The molecule has 0 atom stereocenters. The van der Waals surface area contributed by atoms with E-state index >= 15 is 0 Å². The number of aryl methyl sites for hydroxylation is 1. The Morgan fingerprint density at radius 2 is 2.38 bits per heavy atom. The number of hydrogen-bond donors (Lipinski definition) is 0. The topological polar surface area (TPSA) is 39.2 Å². The number of pyridine rings is 1. The van der Waals surface area contributed by atoms with Crippen molar-refractivity contribution in [2.45, 2.75) is 6.92 Å². The number of carbonyl (C=O) groups excluding carboxylic acids is 1. The van der Waals surface area contributed by atoms with E-state index in [0.29, 0.717) is 11.4 Å². The number of methoxy groups -OCH3 is 1. The summed E-state index contributed by atoms with van der Waals surface area (Å²) >= 11 is 5.40. The number of Topliss-reactive ketones (excluding diaryl/α,β-unsaturated/α-hetero) is 1. The van der Waals surface area contributed by atoms with Gasteiger partial charge in [0.25, 0.3) is 0 Å². The molecule has 0 unspecified atom stereocenters. The second-order valence-corrected chi connectivity index (χ2v) is 2.87. The summed E-state index contributed by atoms with van der Waals surface area (Å²) < 4.78 is 4.96. The third kappa shape index (κ3) is 2.18. The molecule has 0 fully saturated rings. The Bertz CT molecular complexity index is 325. The molecule has 1 heterocycles. The Kier molecular flexibility index (Phi) is 3.25. The lowest BCUT2D eigenvalue weighted by Crippen LogP contribution is -2.02. The lowest BCUT2D eigenvalue weighted by Gasteiger charge is -2.03. The lowest BCUT2D eigenvalue weighted by atomic mass is 10.1. The molecule has 1 aromatic rings. The van der Waals surface area contributed by atoms with Crippen LogP contribution in [0.3, 0.4) is 0 Å². The molecule has 0 radical (unpaired) electrons. The molecule has 0 amide bonds. The number of alkyl halides is 1. The molecule has 70 valence electrons. The standard InChI is InChI=1S/C9H10ClNO2/c1-6-3-7(8(12)4-10)5-11-9(6)13-2/h3,5H,4H2,1-2H3. The molecule has 0 bridgehead atoms. The molecule has 0 aromatic carbocycles. The third-order valence-corrected chi connectivity index (χ3v) is 1.91. The Morgan fingerprint density at radius 3 is 2.85 bits per heavy atom. The maximum absolute atomic E-state index is 11.2. The zero-order valence-corrected chi connectivity index (χ0v) is 8.26. The first-order valence-corrected chi connectivity index (χ1v) is 4.32. The van der Waals surface area contributed by atoms with Gasteiger partial charge in [-0.05, 0) is 13.0 Å². The van der Waals surface area contributed by atoms with E-state index in [-0.39, 0.29) is 11.7 Å². The first-order chi connectivity index (χ1) is 6.19. The van der Waals surface area contributed by atoms with Crippen LogP contribution in [0, 0.1) is 6.92 Å². The number of hydrogen-bond acceptors (Lipinski definition) is 3. The molecule has 0 saturated carbocycles. The fourth-order valence-corrected chi connectivity index (χ4v) is 1.16. The smallest absolute Gasteiger partial charge is 0.215 e. The van der Waals surface area contributed by atoms with Crippen molar-refractivity contribution in [1.82, 2.24) is 4.98 Å². The van der Waals surface area contributed by atoms with E-state index < -0.39 is 0 Å². The maximum Gasteiger partial charge on any atom is 0.215 e. The van der Waals surface area contributed by atoms with Gasteiger partial charge in [0.2, 0.25) is 5.88 Å². The number of carbonyl (C=O) groups is 1. The minimum Gasteiger partial charge on any atom is -0.481 e. The molecule has 0 N–H and O–H groups in total. The molecule has 1 rings (SSSR count). The molecule has 0 aliphatic rings. The van der Waals surface area contributed by atoms with Gasteiger partial charge in [-0.25, -0.2) is 4.98 Å². The summed E-state index contributed by atoms with van der Waals surface area (Å²) in [5.41, 5.74) is 1.35. The summed E-state index contributed by atoms with van der Waals surface area (Å²) in [4.78, 5) is 15.1. The monoisotopic (exact) mass is 199 g/mol. The number of rotatable bonds is 3. The van der Waals surface area contributed by atoms with Crippen LogP contribution < -0.4 is 4.74 Å². The number of halogens is 1. The van der Waals surface area contributed by atoms with E-state index in [9.17, 15) is 4.79 Å². The predicted octanol–water partition coefficient (Wildman–Crippen LogP) is 1.82. The van der Waals surface area contributed by atoms with Crippen molar-refractivity contribution in [1.29, 1.82) is 0 Å². The number of ether oxygens (including phenoxy) is 1. The van der Waals surface area contributed by atoms with Crippen LogP contribution in [-0.4, -0.2) is 23.8 Å². The number of ketones is 1. The highest BCUT2D eigenvalue weighted by Gasteiger charge is 2.07. The lowest BCUT2D eigenvalue weighted by molar-refractivity contribution is 0.102. The van der Waals surface area contributed by atoms with E-state index in [1.165, 1.54) is 6.20 Å². The van der Waals surface area contributed by atoms with Crippen LogP contribution in [0.15, 0.2) is 12.3 Å². The van der Waals surface area contributed by atoms with Crippen LogP contribution in [0.5, 0.6) is 5.88 Å². The molecule has 0 aliphatic carbocycles. The molecule has 0 saturated heterocycles. The second-order valence-electron chi connectivity index (χ2n) is 2.61. The molecular weight excluding hydrogens is 190 g/mol. The molecule has 0 aliphatic heterocycles. The highest BCUT2D eigenvalue weighted by atomic mass is 35.5. The number of aromatic nitrogens is 1. The fraction of sp³-hybridized carbons (Fsp3) is 0.333. The average molecular weight is 200 g/mol. The quantitative estimate of drug-likeness (QED) is 0.551. The molecule has 13 heavy (non-hydrogen) atoms. The summed E-state index contributed by atoms with van der Waals surface area (Å²) in [6.07, 6.45) is 1.47. The Labute approximate surface area is 81.7 Å². The van der Waals surface area contributed by atoms with E-state index in [4.69, 9.17) is 16.3 Å². The van der Waals surface area contributed by atoms with E-state index in [1.54, 1.807) is 13.2 Å². The first-order valence-electron chi connectivity index (χ1n) is 3.79. The summed E-state index contributed by atoms with van der Waals surface area (Å²) in [6, 6.07) is 1.72. The third-order valence-electron chi connectivity index (χ3n) is 1.67. The van der Waals surface area contributed by atoms with E-state index in [1.807, 2.05) is 6.92 Å². The van der Waals surface area contributed by atoms with Crippen LogP contribution in [0.2, 0.25) is 0 Å². The summed E-state index contributed by atoms with van der Waals surface area (Å²) in [6.45, 7) is 1.83. The molecular formula is C9H10ClNO2. The van der Waals surface area contributed by atoms with Gasteiger partial charge in [0, 0.05) is 17.3 Å². The Morgan fingerprint density at radius 1 is 1.69 bits per heavy atom. The molecule has 1 aromatic heterocycles. The molecule has 3 nitrogen and oxygen atoms in total. The fourth-order valence-electron chi connectivity index (χ4n) is 1.01. The van der Waals surface area contributed by atoms with Gasteiger partial charge in [-0.3, -0.25) is 4.79 Å². The van der Waals surface area contributed by atoms with Gasteiger partial charge in [-0.15, -0.1) is 11.6 Å².